The maximum Gasteiger partial charge on any atom is 0.247 e. The first-order valence-electron chi connectivity index (χ1n) is 5.47. The number of rotatable bonds is 3. The van der Waals surface area contributed by atoms with Crippen LogP contribution in [0.25, 0.3) is 11.5 Å². The van der Waals surface area contributed by atoms with Crippen LogP contribution in [0.5, 0.6) is 0 Å². The Morgan fingerprint density at radius 1 is 1.41 bits per heavy atom. The van der Waals surface area contributed by atoms with Crippen LogP contribution < -0.4 is 5.73 Å². The minimum atomic E-state index is -0.252. The van der Waals surface area contributed by atoms with Crippen molar-refractivity contribution >= 4 is 0 Å². The number of halogens is 1. The Bertz CT molecular complexity index is 524. The van der Waals surface area contributed by atoms with E-state index in [0.29, 0.717) is 22.9 Å². The third kappa shape index (κ3) is 2.34. The number of nitrogens with zero attached hydrogens (tertiary/aromatic N) is 2. The molecule has 0 saturated heterocycles. The summed E-state index contributed by atoms with van der Waals surface area (Å²) in [5.41, 5.74) is 7.03. The highest BCUT2D eigenvalue weighted by atomic mass is 19.1. The predicted octanol–water partition coefficient (Wildman–Crippen LogP) is 2.59. The van der Waals surface area contributed by atoms with Gasteiger partial charge in [-0.25, -0.2) is 4.39 Å². The van der Waals surface area contributed by atoms with Gasteiger partial charge in [0.25, 0.3) is 0 Å². The molecule has 1 aromatic carbocycles. The average Bonchev–Trinajstić information content (AvgIpc) is 2.81. The Hall–Kier alpha value is -1.75. The molecule has 0 saturated carbocycles. The van der Waals surface area contributed by atoms with Crippen molar-refractivity contribution in [3.05, 3.63) is 35.5 Å². The monoisotopic (exact) mass is 235 g/mol. The van der Waals surface area contributed by atoms with Crippen molar-refractivity contribution in [1.29, 1.82) is 0 Å². The molecule has 0 bridgehead atoms. The van der Waals surface area contributed by atoms with Gasteiger partial charge in [-0.15, -0.1) is 10.2 Å². The van der Waals surface area contributed by atoms with Crippen molar-refractivity contribution in [2.75, 3.05) is 0 Å². The third-order valence-electron chi connectivity index (χ3n) is 2.60. The Kier molecular flexibility index (Phi) is 3.19. The van der Waals surface area contributed by atoms with E-state index in [4.69, 9.17) is 10.2 Å². The summed E-state index contributed by atoms with van der Waals surface area (Å²) in [5, 5.41) is 7.79. The summed E-state index contributed by atoms with van der Waals surface area (Å²) >= 11 is 0. The molecule has 1 heterocycles. The first-order valence-corrected chi connectivity index (χ1v) is 5.47. The van der Waals surface area contributed by atoms with Crippen LogP contribution in [-0.4, -0.2) is 10.2 Å². The van der Waals surface area contributed by atoms with Crippen molar-refractivity contribution < 1.29 is 8.81 Å². The van der Waals surface area contributed by atoms with E-state index in [1.807, 2.05) is 6.92 Å². The average molecular weight is 235 g/mol. The Morgan fingerprint density at radius 3 is 2.82 bits per heavy atom. The summed E-state index contributed by atoms with van der Waals surface area (Å²) in [6.45, 7) is 3.63. The van der Waals surface area contributed by atoms with Crippen LogP contribution in [0.3, 0.4) is 0 Å². The van der Waals surface area contributed by atoms with Crippen LogP contribution in [0.15, 0.2) is 22.6 Å². The summed E-state index contributed by atoms with van der Waals surface area (Å²) in [5.74, 6) is 0.523. The van der Waals surface area contributed by atoms with Gasteiger partial charge in [-0.05, 0) is 37.1 Å². The van der Waals surface area contributed by atoms with E-state index >= 15 is 0 Å². The Morgan fingerprint density at radius 2 is 2.18 bits per heavy atom. The van der Waals surface area contributed by atoms with Gasteiger partial charge in [0.2, 0.25) is 11.8 Å². The number of nitrogens with two attached hydrogens (primary N) is 1. The molecule has 0 aliphatic carbocycles. The lowest BCUT2D eigenvalue weighted by molar-refractivity contribution is 0.452. The summed E-state index contributed by atoms with van der Waals surface area (Å²) in [6.07, 6.45) is 0.726. The standard InChI is InChI=1S/C12H14FN3O/c1-3-10(14)12-16-15-11(17-12)8-4-5-9(13)7(2)6-8/h4-6,10H,3,14H2,1-2H3. The summed E-state index contributed by atoms with van der Waals surface area (Å²) < 4.78 is 18.6. The lowest BCUT2D eigenvalue weighted by Crippen LogP contribution is -2.08. The van der Waals surface area contributed by atoms with Crippen LogP contribution >= 0.6 is 0 Å². The predicted molar refractivity (Wildman–Crippen MR) is 61.6 cm³/mol. The van der Waals surface area contributed by atoms with Crippen molar-refractivity contribution in [3.63, 3.8) is 0 Å². The summed E-state index contributed by atoms with van der Waals surface area (Å²) in [4.78, 5) is 0. The first-order chi connectivity index (χ1) is 8.11. The second-order valence-corrected chi connectivity index (χ2v) is 3.92. The van der Waals surface area contributed by atoms with Crippen molar-refractivity contribution in [2.45, 2.75) is 26.3 Å². The summed E-state index contributed by atoms with van der Waals surface area (Å²) in [7, 11) is 0. The van der Waals surface area contributed by atoms with E-state index in [0.717, 1.165) is 6.42 Å². The normalized spacial score (nSPS) is 12.7. The van der Waals surface area contributed by atoms with Gasteiger partial charge in [0.05, 0.1) is 6.04 Å². The fraction of sp³-hybridized carbons (Fsp3) is 0.333. The van der Waals surface area contributed by atoms with Crippen molar-refractivity contribution in [2.24, 2.45) is 5.73 Å². The van der Waals surface area contributed by atoms with Gasteiger partial charge in [0, 0.05) is 5.56 Å². The Labute approximate surface area is 98.7 Å². The number of hydrogen-bond acceptors (Lipinski definition) is 4. The van der Waals surface area contributed by atoms with Gasteiger partial charge in [0.1, 0.15) is 5.82 Å². The molecule has 4 nitrogen and oxygen atoms in total. The molecular formula is C12H14FN3O. The van der Waals surface area contributed by atoms with E-state index in [2.05, 4.69) is 10.2 Å². The van der Waals surface area contributed by atoms with Crippen LogP contribution in [0.2, 0.25) is 0 Å². The highest BCUT2D eigenvalue weighted by Crippen LogP contribution is 2.22. The zero-order valence-electron chi connectivity index (χ0n) is 9.77. The van der Waals surface area contributed by atoms with Crippen molar-refractivity contribution in [1.82, 2.24) is 10.2 Å². The Balaban J connectivity index is 2.33. The second-order valence-electron chi connectivity index (χ2n) is 3.92. The molecular weight excluding hydrogens is 221 g/mol. The van der Waals surface area contributed by atoms with Crippen LogP contribution in [-0.2, 0) is 0 Å². The fourth-order valence-electron chi connectivity index (χ4n) is 1.45. The van der Waals surface area contributed by atoms with E-state index in [9.17, 15) is 4.39 Å². The highest BCUT2D eigenvalue weighted by molar-refractivity contribution is 5.53. The van der Waals surface area contributed by atoms with E-state index in [1.54, 1.807) is 19.1 Å². The molecule has 0 amide bonds. The fourth-order valence-corrected chi connectivity index (χ4v) is 1.45. The number of aryl methyl sites for hydroxylation is 1. The molecule has 17 heavy (non-hydrogen) atoms. The molecule has 5 heteroatoms. The van der Waals surface area contributed by atoms with Crippen molar-refractivity contribution in [3.8, 4) is 11.5 Å². The molecule has 0 aliphatic heterocycles. The van der Waals surface area contributed by atoms with E-state index in [1.165, 1.54) is 6.07 Å². The smallest absolute Gasteiger partial charge is 0.247 e. The molecule has 2 aromatic rings. The molecule has 0 radical (unpaired) electrons. The maximum atomic E-state index is 13.1. The van der Waals surface area contributed by atoms with Gasteiger partial charge in [-0.1, -0.05) is 6.92 Å². The highest BCUT2D eigenvalue weighted by Gasteiger charge is 2.14. The maximum absolute atomic E-state index is 13.1. The molecule has 1 unspecified atom stereocenters. The molecule has 0 spiro atoms. The first kappa shape index (κ1) is 11.7. The largest absolute Gasteiger partial charge is 0.419 e. The lowest BCUT2D eigenvalue weighted by Gasteiger charge is -2.01. The molecule has 90 valence electrons. The topological polar surface area (TPSA) is 64.9 Å². The van der Waals surface area contributed by atoms with Gasteiger partial charge < -0.3 is 10.2 Å². The minimum absolute atomic E-state index is 0.251. The molecule has 0 fully saturated rings. The van der Waals surface area contributed by atoms with Crippen LogP contribution in [0.4, 0.5) is 4.39 Å². The molecule has 1 atom stereocenters. The second kappa shape index (κ2) is 4.63. The molecule has 2 rings (SSSR count). The zero-order valence-corrected chi connectivity index (χ0v) is 9.77. The number of aromatic nitrogens is 2. The number of benzene rings is 1. The molecule has 0 aliphatic rings. The zero-order chi connectivity index (χ0) is 12.4. The van der Waals surface area contributed by atoms with Crippen LogP contribution in [0, 0.1) is 12.7 Å². The van der Waals surface area contributed by atoms with Gasteiger partial charge in [-0.2, -0.15) is 0 Å². The van der Waals surface area contributed by atoms with E-state index in [-0.39, 0.29) is 11.9 Å². The summed E-state index contributed by atoms with van der Waals surface area (Å²) in [6, 6.07) is 4.41. The number of hydrogen-bond donors (Lipinski definition) is 1. The van der Waals surface area contributed by atoms with E-state index < -0.39 is 0 Å². The molecule has 1 aromatic heterocycles. The quantitative estimate of drug-likeness (QED) is 0.888. The minimum Gasteiger partial charge on any atom is -0.419 e. The van der Waals surface area contributed by atoms with Gasteiger partial charge in [-0.3, -0.25) is 0 Å². The SMILES string of the molecule is CCC(N)c1nnc(-c2ccc(F)c(C)c2)o1. The third-order valence-corrected chi connectivity index (χ3v) is 2.60. The lowest BCUT2D eigenvalue weighted by atomic mass is 10.1. The van der Waals surface area contributed by atoms with Gasteiger partial charge in [0.15, 0.2) is 0 Å². The van der Waals surface area contributed by atoms with Gasteiger partial charge >= 0.3 is 0 Å². The molecule has 2 N–H and O–H groups in total. The van der Waals surface area contributed by atoms with Crippen LogP contribution in [0.1, 0.15) is 30.8 Å².